The van der Waals surface area contributed by atoms with Crippen LogP contribution in [-0.2, 0) is 14.8 Å². The van der Waals surface area contributed by atoms with Crippen LogP contribution in [0.3, 0.4) is 0 Å². The average Bonchev–Trinajstić information content (AvgIpc) is 2.50. The third-order valence-electron chi connectivity index (χ3n) is 3.39. The molecule has 0 aliphatic carbocycles. The molecule has 1 aliphatic rings. The minimum Gasteiger partial charge on any atom is -0.337 e. The summed E-state index contributed by atoms with van der Waals surface area (Å²) in [6.45, 7) is 3.01. The molecule has 8 heteroatoms. The van der Waals surface area contributed by atoms with Gasteiger partial charge in [-0.15, -0.1) is 0 Å². The first kappa shape index (κ1) is 17.3. The second-order valence-electron chi connectivity index (χ2n) is 4.81. The van der Waals surface area contributed by atoms with Crippen LogP contribution in [0.2, 0.25) is 10.0 Å². The van der Waals surface area contributed by atoms with Crippen molar-refractivity contribution in [3.8, 4) is 0 Å². The third kappa shape index (κ3) is 3.63. The van der Waals surface area contributed by atoms with E-state index in [1.165, 1.54) is 28.6 Å². The highest BCUT2D eigenvalue weighted by Crippen LogP contribution is 2.27. The van der Waals surface area contributed by atoms with Crippen molar-refractivity contribution in [1.82, 2.24) is 9.21 Å². The van der Waals surface area contributed by atoms with Gasteiger partial charge in [-0.3, -0.25) is 4.79 Å². The molecule has 1 aliphatic heterocycles. The predicted molar refractivity (Wildman–Crippen MR) is 86.6 cm³/mol. The van der Waals surface area contributed by atoms with Crippen molar-refractivity contribution in [3.05, 3.63) is 40.4 Å². The molecule has 0 saturated carbocycles. The van der Waals surface area contributed by atoms with Crippen molar-refractivity contribution in [3.63, 3.8) is 0 Å². The summed E-state index contributed by atoms with van der Waals surface area (Å²) in [4.78, 5) is 13.5. The maximum absolute atomic E-state index is 12.6. The van der Waals surface area contributed by atoms with E-state index in [2.05, 4.69) is 0 Å². The maximum atomic E-state index is 12.6. The van der Waals surface area contributed by atoms with Gasteiger partial charge in [0.2, 0.25) is 15.9 Å². The zero-order chi connectivity index (χ0) is 16.3. The van der Waals surface area contributed by atoms with Gasteiger partial charge in [-0.1, -0.05) is 29.3 Å². The van der Waals surface area contributed by atoms with Crippen LogP contribution in [0.1, 0.15) is 6.92 Å². The van der Waals surface area contributed by atoms with Gasteiger partial charge in [-0.25, -0.2) is 8.42 Å². The first-order valence-electron chi connectivity index (χ1n) is 6.73. The second kappa shape index (κ2) is 7.00. The Morgan fingerprint density at radius 1 is 1.14 bits per heavy atom. The predicted octanol–water partition coefficient (Wildman–Crippen LogP) is 2.40. The molecule has 0 atom stereocenters. The Morgan fingerprint density at radius 3 is 2.32 bits per heavy atom. The number of benzene rings is 1. The van der Waals surface area contributed by atoms with Crippen LogP contribution in [0.15, 0.2) is 35.2 Å². The third-order valence-corrected chi connectivity index (χ3v) is 6.02. The molecule has 0 bridgehead atoms. The zero-order valence-electron chi connectivity index (χ0n) is 12.0. The van der Waals surface area contributed by atoms with Crippen LogP contribution >= 0.6 is 23.2 Å². The van der Waals surface area contributed by atoms with Gasteiger partial charge in [0.1, 0.15) is 0 Å². The quantitative estimate of drug-likeness (QED) is 0.775. The topological polar surface area (TPSA) is 57.7 Å². The Labute approximate surface area is 140 Å². The molecule has 1 saturated heterocycles. The Balaban J connectivity index is 2.12. The Bertz CT molecular complexity index is 696. The van der Waals surface area contributed by atoms with Gasteiger partial charge in [-0.2, -0.15) is 4.31 Å². The molecule has 120 valence electrons. The molecule has 1 fully saturated rings. The summed E-state index contributed by atoms with van der Waals surface area (Å²) in [5, 5.41) is 0.507. The highest BCUT2D eigenvalue weighted by molar-refractivity contribution is 7.89. The van der Waals surface area contributed by atoms with E-state index in [0.717, 1.165) is 0 Å². The number of allylic oxidation sites excluding steroid dienone is 1. The fourth-order valence-electron chi connectivity index (χ4n) is 2.18. The number of halogens is 2. The van der Waals surface area contributed by atoms with Crippen LogP contribution in [0, 0.1) is 0 Å². The van der Waals surface area contributed by atoms with Gasteiger partial charge in [0.15, 0.2) is 0 Å². The molecule has 0 N–H and O–H groups in total. The Hall–Kier alpha value is -1.08. The lowest BCUT2D eigenvalue weighted by Crippen LogP contribution is -2.50. The van der Waals surface area contributed by atoms with Crippen LogP contribution in [0.25, 0.3) is 0 Å². The van der Waals surface area contributed by atoms with Gasteiger partial charge in [-0.05, 0) is 31.2 Å². The van der Waals surface area contributed by atoms with Gasteiger partial charge in [0.25, 0.3) is 0 Å². The Morgan fingerprint density at radius 2 is 1.77 bits per heavy atom. The molecule has 0 aromatic heterocycles. The lowest BCUT2D eigenvalue weighted by Gasteiger charge is -2.33. The summed E-state index contributed by atoms with van der Waals surface area (Å²) in [6, 6.07) is 4.24. The number of carbonyl (C=O) groups is 1. The maximum Gasteiger partial charge on any atom is 0.246 e. The molecule has 5 nitrogen and oxygen atoms in total. The SMILES string of the molecule is C/C=C/C(=O)N1CCN(S(=O)(=O)c2ccc(Cl)c(Cl)c2)CC1. The first-order valence-corrected chi connectivity index (χ1v) is 8.92. The molecule has 1 aromatic rings. The van der Waals surface area contributed by atoms with E-state index >= 15 is 0 Å². The van der Waals surface area contributed by atoms with E-state index < -0.39 is 10.0 Å². The highest BCUT2D eigenvalue weighted by atomic mass is 35.5. The molecule has 1 heterocycles. The Kier molecular flexibility index (Phi) is 5.50. The van der Waals surface area contributed by atoms with Gasteiger partial charge in [0.05, 0.1) is 14.9 Å². The van der Waals surface area contributed by atoms with Crippen LogP contribution in [0.5, 0.6) is 0 Å². The molecule has 0 radical (unpaired) electrons. The summed E-state index contributed by atoms with van der Waals surface area (Å²) in [5.41, 5.74) is 0. The molecular weight excluding hydrogens is 347 g/mol. The van der Waals surface area contributed by atoms with Crippen molar-refractivity contribution < 1.29 is 13.2 Å². The van der Waals surface area contributed by atoms with Crippen molar-refractivity contribution in [2.45, 2.75) is 11.8 Å². The largest absolute Gasteiger partial charge is 0.337 e. The van der Waals surface area contributed by atoms with E-state index in [4.69, 9.17) is 23.2 Å². The lowest BCUT2D eigenvalue weighted by atomic mass is 10.3. The number of amides is 1. The number of piperazine rings is 1. The lowest BCUT2D eigenvalue weighted by molar-refractivity contribution is -0.127. The molecule has 1 amide bonds. The molecule has 1 aromatic carbocycles. The second-order valence-corrected chi connectivity index (χ2v) is 7.56. The summed E-state index contributed by atoms with van der Waals surface area (Å²) >= 11 is 11.7. The standard InChI is InChI=1S/C14H16Cl2N2O3S/c1-2-3-14(19)17-6-8-18(9-7-17)22(20,21)11-4-5-12(15)13(16)10-11/h2-5,10H,6-9H2,1H3/b3-2+. The van der Waals surface area contributed by atoms with Crippen molar-refractivity contribution in [2.24, 2.45) is 0 Å². The van der Waals surface area contributed by atoms with Crippen LogP contribution < -0.4 is 0 Å². The highest BCUT2D eigenvalue weighted by Gasteiger charge is 2.29. The minimum atomic E-state index is -3.63. The van der Waals surface area contributed by atoms with E-state index in [1.54, 1.807) is 17.9 Å². The van der Waals surface area contributed by atoms with Gasteiger partial charge >= 0.3 is 0 Å². The van der Waals surface area contributed by atoms with E-state index in [9.17, 15) is 13.2 Å². The number of hydrogen-bond acceptors (Lipinski definition) is 3. The number of carbonyl (C=O) groups excluding carboxylic acids is 1. The number of hydrogen-bond donors (Lipinski definition) is 0. The summed E-state index contributed by atoms with van der Waals surface area (Å²) in [7, 11) is -3.63. The van der Waals surface area contributed by atoms with Crippen molar-refractivity contribution in [1.29, 1.82) is 0 Å². The molecular formula is C14H16Cl2N2O3S. The summed E-state index contributed by atoms with van der Waals surface area (Å²) < 4.78 is 26.5. The summed E-state index contributed by atoms with van der Waals surface area (Å²) in [6.07, 6.45) is 3.14. The molecule has 0 spiro atoms. The van der Waals surface area contributed by atoms with E-state index in [-0.39, 0.29) is 28.9 Å². The molecule has 22 heavy (non-hydrogen) atoms. The first-order chi connectivity index (χ1) is 10.4. The molecule has 0 unspecified atom stereocenters. The number of nitrogens with zero attached hydrogens (tertiary/aromatic N) is 2. The number of rotatable bonds is 3. The van der Waals surface area contributed by atoms with Crippen molar-refractivity contribution >= 4 is 39.1 Å². The van der Waals surface area contributed by atoms with Crippen molar-refractivity contribution in [2.75, 3.05) is 26.2 Å². The van der Waals surface area contributed by atoms with Crippen LogP contribution in [0.4, 0.5) is 0 Å². The minimum absolute atomic E-state index is 0.103. The van der Waals surface area contributed by atoms with E-state index in [0.29, 0.717) is 18.1 Å². The fraction of sp³-hybridized carbons (Fsp3) is 0.357. The molecule has 2 rings (SSSR count). The summed E-state index contributed by atoms with van der Waals surface area (Å²) in [5.74, 6) is -0.103. The van der Waals surface area contributed by atoms with Crippen LogP contribution in [-0.4, -0.2) is 49.7 Å². The van der Waals surface area contributed by atoms with Gasteiger partial charge in [0, 0.05) is 26.2 Å². The normalized spacial score (nSPS) is 17.1. The monoisotopic (exact) mass is 362 g/mol. The smallest absolute Gasteiger partial charge is 0.246 e. The zero-order valence-corrected chi connectivity index (χ0v) is 14.3. The fourth-order valence-corrected chi connectivity index (χ4v) is 3.99. The number of sulfonamides is 1. The van der Waals surface area contributed by atoms with E-state index in [1.807, 2.05) is 0 Å². The van der Waals surface area contributed by atoms with Gasteiger partial charge < -0.3 is 4.90 Å². The average molecular weight is 363 g/mol.